The number of morpholine rings is 1. The molecule has 2 unspecified atom stereocenters. The van der Waals surface area contributed by atoms with Gasteiger partial charge in [0.25, 0.3) is 0 Å². The Kier molecular flexibility index (Phi) is 6.42. The molecule has 1 aliphatic rings. The summed E-state index contributed by atoms with van der Waals surface area (Å²) in [5.41, 5.74) is -0.322. The highest BCUT2D eigenvalue weighted by Gasteiger charge is 2.28. The molecular weight excluding hydrogens is 274 g/mol. The van der Waals surface area contributed by atoms with Crippen molar-refractivity contribution in [2.24, 2.45) is 5.41 Å². The van der Waals surface area contributed by atoms with E-state index in [2.05, 4.69) is 15.5 Å². The number of hydrogen-bond acceptors (Lipinski definition) is 4. The van der Waals surface area contributed by atoms with Gasteiger partial charge in [-0.1, -0.05) is 20.8 Å². The first kappa shape index (κ1) is 17.7. The van der Waals surface area contributed by atoms with Crippen LogP contribution in [0, 0.1) is 5.41 Å². The number of aliphatic carboxylic acids is 1. The van der Waals surface area contributed by atoms with Gasteiger partial charge in [0.15, 0.2) is 0 Å². The van der Waals surface area contributed by atoms with E-state index < -0.39 is 12.0 Å². The number of rotatable bonds is 5. The molecule has 0 bridgehead atoms. The molecule has 0 aromatic heterocycles. The number of carboxylic acids is 1. The van der Waals surface area contributed by atoms with E-state index in [1.54, 1.807) is 0 Å². The Hall–Kier alpha value is -1.34. The molecule has 1 saturated heterocycles. The molecule has 0 spiro atoms. The molecule has 1 rings (SSSR count). The second kappa shape index (κ2) is 7.61. The van der Waals surface area contributed by atoms with Gasteiger partial charge in [0.1, 0.15) is 0 Å². The number of carbonyl (C=O) groups is 2. The van der Waals surface area contributed by atoms with Crippen LogP contribution in [0.3, 0.4) is 0 Å². The topological polar surface area (TPSA) is 90.9 Å². The van der Waals surface area contributed by atoms with Crippen molar-refractivity contribution in [1.82, 2.24) is 15.5 Å². The molecule has 0 saturated carbocycles. The molecule has 0 radical (unpaired) electrons. The van der Waals surface area contributed by atoms with Crippen LogP contribution in [0.15, 0.2) is 0 Å². The van der Waals surface area contributed by atoms with Crippen LogP contribution in [0.25, 0.3) is 0 Å². The average Bonchev–Trinajstić information content (AvgIpc) is 2.34. The summed E-state index contributed by atoms with van der Waals surface area (Å²) in [7, 11) is 2.01. The monoisotopic (exact) mass is 301 g/mol. The van der Waals surface area contributed by atoms with Gasteiger partial charge >= 0.3 is 12.0 Å². The number of amides is 2. The van der Waals surface area contributed by atoms with Gasteiger partial charge in [0, 0.05) is 25.7 Å². The van der Waals surface area contributed by atoms with Gasteiger partial charge in [-0.2, -0.15) is 0 Å². The Labute approximate surface area is 126 Å². The van der Waals surface area contributed by atoms with E-state index in [1.807, 2.05) is 27.8 Å². The Bertz CT molecular complexity index is 368. The van der Waals surface area contributed by atoms with Crippen LogP contribution < -0.4 is 10.6 Å². The number of nitrogens with zero attached hydrogens (tertiary/aromatic N) is 1. The fourth-order valence-corrected chi connectivity index (χ4v) is 2.15. The largest absolute Gasteiger partial charge is 0.481 e. The van der Waals surface area contributed by atoms with Crippen molar-refractivity contribution in [3.05, 3.63) is 0 Å². The van der Waals surface area contributed by atoms with E-state index in [0.717, 1.165) is 13.1 Å². The molecule has 0 aromatic carbocycles. The first-order chi connectivity index (χ1) is 9.68. The van der Waals surface area contributed by atoms with Gasteiger partial charge in [0.05, 0.1) is 19.1 Å². The number of likely N-dealkylation sites (N-methyl/N-ethyl adjacent to an activating group) is 1. The summed E-state index contributed by atoms with van der Waals surface area (Å²) < 4.78 is 5.56. The second-order valence-electron chi connectivity index (χ2n) is 6.63. The van der Waals surface area contributed by atoms with Gasteiger partial charge < -0.3 is 25.4 Å². The predicted octanol–water partition coefficient (Wildman–Crippen LogP) is 0.506. The minimum Gasteiger partial charge on any atom is -0.481 e. The Morgan fingerprint density at radius 2 is 2.10 bits per heavy atom. The minimum atomic E-state index is -0.924. The Balaban J connectivity index is 2.41. The molecule has 0 aliphatic carbocycles. The molecule has 2 amide bonds. The SMILES string of the molecule is CN1CCOC(CNC(=O)NC(CC(=O)O)C(C)(C)C)C1. The van der Waals surface area contributed by atoms with Gasteiger partial charge in [-0.15, -0.1) is 0 Å². The number of nitrogens with one attached hydrogen (secondary N) is 2. The number of urea groups is 1. The van der Waals surface area contributed by atoms with E-state index in [9.17, 15) is 9.59 Å². The second-order valence-corrected chi connectivity index (χ2v) is 6.63. The molecule has 1 heterocycles. The smallest absolute Gasteiger partial charge is 0.315 e. The fraction of sp³-hybridized carbons (Fsp3) is 0.857. The van der Waals surface area contributed by atoms with Gasteiger partial charge in [0.2, 0.25) is 0 Å². The van der Waals surface area contributed by atoms with Crippen molar-refractivity contribution in [3.8, 4) is 0 Å². The zero-order valence-electron chi connectivity index (χ0n) is 13.3. The van der Waals surface area contributed by atoms with E-state index >= 15 is 0 Å². The van der Waals surface area contributed by atoms with Crippen LogP contribution in [-0.4, -0.2) is 67.4 Å². The van der Waals surface area contributed by atoms with Crippen LogP contribution in [0.2, 0.25) is 0 Å². The molecule has 3 N–H and O–H groups in total. The average molecular weight is 301 g/mol. The maximum absolute atomic E-state index is 11.9. The lowest BCUT2D eigenvalue weighted by atomic mass is 9.85. The first-order valence-electron chi connectivity index (χ1n) is 7.25. The van der Waals surface area contributed by atoms with Crippen molar-refractivity contribution < 1.29 is 19.4 Å². The van der Waals surface area contributed by atoms with Crippen LogP contribution in [-0.2, 0) is 9.53 Å². The summed E-state index contributed by atoms with van der Waals surface area (Å²) in [4.78, 5) is 25.0. The standard InChI is InChI=1S/C14H27N3O4/c1-14(2,3)11(7-12(18)19)16-13(20)15-8-10-9-17(4)5-6-21-10/h10-11H,5-9H2,1-4H3,(H,18,19)(H2,15,16,20). The molecule has 122 valence electrons. The molecule has 7 nitrogen and oxygen atoms in total. The van der Waals surface area contributed by atoms with E-state index in [-0.39, 0.29) is 24.0 Å². The van der Waals surface area contributed by atoms with E-state index in [0.29, 0.717) is 13.2 Å². The van der Waals surface area contributed by atoms with E-state index in [4.69, 9.17) is 9.84 Å². The normalized spacial score (nSPS) is 21.6. The summed E-state index contributed by atoms with van der Waals surface area (Å²) in [5, 5.41) is 14.4. The summed E-state index contributed by atoms with van der Waals surface area (Å²) in [6.07, 6.45) is -0.124. The third-order valence-electron chi connectivity index (χ3n) is 3.56. The maximum atomic E-state index is 11.9. The van der Waals surface area contributed by atoms with E-state index in [1.165, 1.54) is 0 Å². The lowest BCUT2D eigenvalue weighted by molar-refractivity contribution is -0.138. The zero-order valence-corrected chi connectivity index (χ0v) is 13.3. The highest BCUT2D eigenvalue weighted by atomic mass is 16.5. The Morgan fingerprint density at radius 3 is 2.62 bits per heavy atom. The number of ether oxygens (including phenoxy) is 1. The molecule has 0 aromatic rings. The highest BCUT2D eigenvalue weighted by molar-refractivity contribution is 5.75. The number of carbonyl (C=O) groups excluding carboxylic acids is 1. The molecule has 21 heavy (non-hydrogen) atoms. The molecule has 7 heteroatoms. The quantitative estimate of drug-likeness (QED) is 0.688. The maximum Gasteiger partial charge on any atom is 0.315 e. The minimum absolute atomic E-state index is 0.0259. The molecular formula is C14H27N3O4. The molecule has 1 aliphatic heterocycles. The van der Waals surface area contributed by atoms with Gasteiger partial charge in [-0.05, 0) is 12.5 Å². The first-order valence-corrected chi connectivity index (χ1v) is 7.25. The van der Waals surface area contributed by atoms with Crippen molar-refractivity contribution in [1.29, 1.82) is 0 Å². The summed E-state index contributed by atoms with van der Waals surface area (Å²) in [6.45, 7) is 8.46. The number of carboxylic acid groups (broad SMARTS) is 1. The van der Waals surface area contributed by atoms with Crippen LogP contribution >= 0.6 is 0 Å². The predicted molar refractivity (Wildman–Crippen MR) is 79.3 cm³/mol. The molecule has 1 fully saturated rings. The van der Waals surface area contributed by atoms with Crippen molar-refractivity contribution in [2.75, 3.05) is 33.3 Å². The Morgan fingerprint density at radius 1 is 1.43 bits per heavy atom. The summed E-state index contributed by atoms with van der Waals surface area (Å²) in [5.74, 6) is -0.924. The van der Waals surface area contributed by atoms with Gasteiger partial charge in [-0.25, -0.2) is 4.79 Å². The number of hydrogen-bond donors (Lipinski definition) is 3. The third kappa shape index (κ3) is 6.77. The summed E-state index contributed by atoms with van der Waals surface area (Å²) >= 11 is 0. The zero-order chi connectivity index (χ0) is 16.0. The van der Waals surface area contributed by atoms with Crippen LogP contribution in [0.1, 0.15) is 27.2 Å². The van der Waals surface area contributed by atoms with Crippen molar-refractivity contribution in [2.45, 2.75) is 39.3 Å². The van der Waals surface area contributed by atoms with Crippen LogP contribution in [0.4, 0.5) is 4.79 Å². The highest BCUT2D eigenvalue weighted by Crippen LogP contribution is 2.21. The van der Waals surface area contributed by atoms with Crippen molar-refractivity contribution >= 4 is 12.0 Å². The third-order valence-corrected chi connectivity index (χ3v) is 3.56. The fourth-order valence-electron chi connectivity index (χ4n) is 2.15. The molecule has 2 atom stereocenters. The van der Waals surface area contributed by atoms with Crippen molar-refractivity contribution in [3.63, 3.8) is 0 Å². The summed E-state index contributed by atoms with van der Waals surface area (Å²) in [6, 6.07) is -0.780. The van der Waals surface area contributed by atoms with Gasteiger partial charge in [-0.3, -0.25) is 4.79 Å². The lowest BCUT2D eigenvalue weighted by Crippen LogP contribution is -2.52. The lowest BCUT2D eigenvalue weighted by Gasteiger charge is -2.32. The van der Waals surface area contributed by atoms with Crippen LogP contribution in [0.5, 0.6) is 0 Å².